The Bertz CT molecular complexity index is 1000. The molecule has 2 heterocycles. The normalized spacial score (nSPS) is 11.5. The third kappa shape index (κ3) is 7.34. The number of benzene rings is 1. The average Bonchev–Trinajstić information content (AvgIpc) is 3.36. The standard InChI is InChI=1S/C21H22F3N3O2S2/c22-21(23,24)10-3-5-14-4-1-2-6-17(14)25-12-16-7-8-18(31-16)19(29)27-20-26-15(9-11-28)13-30-20/h1-2,4,6-8,13,25,28H,3,5,9-12H2,(H,26,27,29). The highest BCUT2D eigenvalue weighted by molar-refractivity contribution is 7.15. The predicted molar refractivity (Wildman–Crippen MR) is 118 cm³/mol. The average molecular weight is 470 g/mol. The third-order valence-electron chi connectivity index (χ3n) is 4.40. The highest BCUT2D eigenvalue weighted by atomic mass is 32.1. The number of aliphatic hydroxyl groups excluding tert-OH is 1. The van der Waals surface area contributed by atoms with E-state index < -0.39 is 12.6 Å². The molecular weight excluding hydrogens is 447 g/mol. The Morgan fingerprint density at radius 2 is 1.94 bits per heavy atom. The molecule has 3 N–H and O–H groups in total. The number of rotatable bonds is 10. The van der Waals surface area contributed by atoms with Gasteiger partial charge in [0.25, 0.3) is 5.91 Å². The topological polar surface area (TPSA) is 74.2 Å². The van der Waals surface area contributed by atoms with Crippen LogP contribution in [-0.2, 0) is 19.4 Å². The molecule has 1 aromatic carbocycles. The maximum absolute atomic E-state index is 12.4. The van der Waals surface area contributed by atoms with Gasteiger partial charge in [0.1, 0.15) is 0 Å². The molecule has 0 atom stereocenters. The Morgan fingerprint density at radius 1 is 1.13 bits per heavy atom. The lowest BCUT2D eigenvalue weighted by atomic mass is 10.1. The van der Waals surface area contributed by atoms with Gasteiger partial charge in [0.2, 0.25) is 0 Å². The summed E-state index contributed by atoms with van der Waals surface area (Å²) in [4.78, 5) is 18.1. The van der Waals surface area contributed by atoms with Crippen LogP contribution in [0.25, 0.3) is 0 Å². The number of hydrogen-bond acceptors (Lipinski definition) is 6. The van der Waals surface area contributed by atoms with Crippen LogP contribution in [-0.4, -0.2) is 28.8 Å². The maximum Gasteiger partial charge on any atom is 0.389 e. The molecule has 3 rings (SSSR count). The molecule has 0 aliphatic carbocycles. The van der Waals surface area contributed by atoms with Gasteiger partial charge in [-0.25, -0.2) is 4.98 Å². The first-order valence-electron chi connectivity index (χ1n) is 9.68. The molecule has 0 bridgehead atoms. The zero-order valence-corrected chi connectivity index (χ0v) is 18.2. The molecule has 0 aliphatic heterocycles. The summed E-state index contributed by atoms with van der Waals surface area (Å²) in [5.41, 5.74) is 2.36. The van der Waals surface area contributed by atoms with Gasteiger partial charge in [0, 0.05) is 41.9 Å². The van der Waals surface area contributed by atoms with Crippen LogP contribution >= 0.6 is 22.7 Å². The Kier molecular flexibility index (Phi) is 8.05. The van der Waals surface area contributed by atoms with E-state index in [1.807, 2.05) is 30.3 Å². The van der Waals surface area contributed by atoms with Gasteiger partial charge >= 0.3 is 6.18 Å². The number of nitrogens with one attached hydrogen (secondary N) is 2. The summed E-state index contributed by atoms with van der Waals surface area (Å²) < 4.78 is 37.2. The smallest absolute Gasteiger partial charge is 0.389 e. The van der Waals surface area contributed by atoms with Gasteiger partial charge in [-0.15, -0.1) is 22.7 Å². The number of aromatic nitrogens is 1. The number of halogens is 3. The van der Waals surface area contributed by atoms with Crippen molar-refractivity contribution in [1.82, 2.24) is 4.98 Å². The number of aliphatic hydroxyl groups is 1. The predicted octanol–water partition coefficient (Wildman–Crippen LogP) is 5.49. The van der Waals surface area contributed by atoms with Crippen molar-refractivity contribution in [2.45, 2.75) is 38.4 Å². The zero-order valence-electron chi connectivity index (χ0n) is 16.5. The SMILES string of the molecule is O=C(Nc1nc(CCO)cs1)c1ccc(CNc2ccccc2CCCC(F)(F)F)s1. The number of anilines is 2. The Morgan fingerprint density at radius 3 is 2.71 bits per heavy atom. The maximum atomic E-state index is 12.4. The molecule has 0 unspecified atom stereocenters. The molecule has 5 nitrogen and oxygen atoms in total. The number of thiophene rings is 1. The highest BCUT2D eigenvalue weighted by Crippen LogP contribution is 2.26. The van der Waals surface area contributed by atoms with Gasteiger partial charge in [-0.1, -0.05) is 18.2 Å². The summed E-state index contributed by atoms with van der Waals surface area (Å²) >= 11 is 2.64. The van der Waals surface area contributed by atoms with Crippen molar-refractivity contribution in [3.8, 4) is 0 Å². The number of amides is 1. The number of alkyl halides is 3. The summed E-state index contributed by atoms with van der Waals surface area (Å²) in [5, 5.41) is 17.2. The molecule has 1 amide bonds. The first-order chi connectivity index (χ1) is 14.8. The van der Waals surface area contributed by atoms with Crippen molar-refractivity contribution < 1.29 is 23.1 Å². The minimum absolute atomic E-state index is 0.00383. The van der Waals surface area contributed by atoms with Gasteiger partial charge in [0.15, 0.2) is 5.13 Å². The number of aryl methyl sites for hydroxylation is 1. The molecule has 3 aromatic rings. The molecule has 10 heteroatoms. The second-order valence-corrected chi connectivity index (χ2v) is 8.84. The van der Waals surface area contributed by atoms with E-state index in [1.54, 1.807) is 11.4 Å². The van der Waals surface area contributed by atoms with Gasteiger partial charge in [-0.05, 0) is 36.6 Å². The number of para-hydroxylation sites is 1. The fraction of sp³-hybridized carbons (Fsp3) is 0.333. The van der Waals surface area contributed by atoms with Crippen LogP contribution in [0.3, 0.4) is 0 Å². The number of carbonyl (C=O) groups excluding carboxylic acids is 1. The monoisotopic (exact) mass is 469 g/mol. The molecule has 2 aromatic heterocycles. The summed E-state index contributed by atoms with van der Waals surface area (Å²) in [7, 11) is 0. The van der Waals surface area contributed by atoms with Crippen LogP contribution in [0.1, 0.15) is 38.6 Å². The lowest BCUT2D eigenvalue weighted by Gasteiger charge is -2.12. The van der Waals surface area contributed by atoms with Crippen molar-refractivity contribution in [3.05, 3.63) is 62.8 Å². The van der Waals surface area contributed by atoms with E-state index in [1.165, 1.54) is 22.7 Å². The van der Waals surface area contributed by atoms with E-state index in [0.717, 1.165) is 21.8 Å². The fourth-order valence-electron chi connectivity index (χ4n) is 2.92. The lowest BCUT2D eigenvalue weighted by Crippen LogP contribution is -2.10. The highest BCUT2D eigenvalue weighted by Gasteiger charge is 2.26. The summed E-state index contributed by atoms with van der Waals surface area (Å²) in [6, 6.07) is 10.9. The minimum atomic E-state index is -4.14. The van der Waals surface area contributed by atoms with Gasteiger partial charge < -0.3 is 10.4 Å². The Balaban J connectivity index is 1.54. The molecule has 0 fully saturated rings. The van der Waals surface area contributed by atoms with E-state index in [4.69, 9.17) is 5.11 Å². The Labute approximate surface area is 186 Å². The summed E-state index contributed by atoms with van der Waals surface area (Å²) in [6.07, 6.45) is -4.12. The van der Waals surface area contributed by atoms with Crippen LogP contribution in [0.5, 0.6) is 0 Å². The van der Waals surface area contributed by atoms with Crippen molar-refractivity contribution in [1.29, 1.82) is 0 Å². The van der Waals surface area contributed by atoms with E-state index in [0.29, 0.717) is 29.4 Å². The number of carbonyl (C=O) groups is 1. The molecule has 0 spiro atoms. The van der Waals surface area contributed by atoms with Crippen LogP contribution in [0, 0.1) is 0 Å². The zero-order chi connectivity index (χ0) is 22.3. The largest absolute Gasteiger partial charge is 0.396 e. The summed E-state index contributed by atoms with van der Waals surface area (Å²) in [6.45, 7) is 0.468. The van der Waals surface area contributed by atoms with Crippen molar-refractivity contribution >= 4 is 39.4 Å². The van der Waals surface area contributed by atoms with Gasteiger partial charge in [-0.3, -0.25) is 10.1 Å². The molecule has 166 valence electrons. The second kappa shape index (κ2) is 10.7. The molecule has 0 saturated carbocycles. The van der Waals surface area contributed by atoms with E-state index in [9.17, 15) is 18.0 Å². The second-order valence-electron chi connectivity index (χ2n) is 6.82. The molecule has 0 radical (unpaired) electrons. The van der Waals surface area contributed by atoms with Gasteiger partial charge in [-0.2, -0.15) is 13.2 Å². The quantitative estimate of drug-likeness (QED) is 0.367. The molecule has 0 aliphatic rings. The fourth-order valence-corrected chi connectivity index (χ4v) is 4.50. The Hall–Kier alpha value is -2.43. The molecular formula is C21H22F3N3O2S2. The van der Waals surface area contributed by atoms with Crippen LogP contribution in [0.4, 0.5) is 24.0 Å². The van der Waals surface area contributed by atoms with Crippen LogP contribution in [0.2, 0.25) is 0 Å². The van der Waals surface area contributed by atoms with Crippen molar-refractivity contribution in [2.75, 3.05) is 17.2 Å². The first-order valence-corrected chi connectivity index (χ1v) is 11.4. The summed E-state index contributed by atoms with van der Waals surface area (Å²) in [5.74, 6) is -0.256. The van der Waals surface area contributed by atoms with Crippen LogP contribution < -0.4 is 10.6 Å². The van der Waals surface area contributed by atoms with E-state index in [2.05, 4.69) is 15.6 Å². The number of nitrogens with zero attached hydrogens (tertiary/aromatic N) is 1. The number of thiazole rings is 1. The van der Waals surface area contributed by atoms with E-state index >= 15 is 0 Å². The molecule has 0 saturated heterocycles. The third-order valence-corrected chi connectivity index (χ3v) is 6.29. The lowest BCUT2D eigenvalue weighted by molar-refractivity contribution is -0.135. The minimum Gasteiger partial charge on any atom is -0.396 e. The van der Waals surface area contributed by atoms with Gasteiger partial charge in [0.05, 0.1) is 10.6 Å². The molecule has 31 heavy (non-hydrogen) atoms. The first kappa shape index (κ1) is 23.2. The number of hydrogen-bond donors (Lipinski definition) is 3. The van der Waals surface area contributed by atoms with Crippen LogP contribution in [0.15, 0.2) is 41.8 Å². The van der Waals surface area contributed by atoms with E-state index in [-0.39, 0.29) is 18.9 Å². The van der Waals surface area contributed by atoms with Crippen molar-refractivity contribution in [2.24, 2.45) is 0 Å². The van der Waals surface area contributed by atoms with Crippen molar-refractivity contribution in [3.63, 3.8) is 0 Å².